The van der Waals surface area contributed by atoms with Crippen LogP contribution in [-0.2, 0) is 0 Å². The SMILES string of the molecule is CN(C)C1CCN(c2cc(C#N)ccc2N)CC1. The molecule has 1 aromatic rings. The molecule has 1 fully saturated rings. The van der Waals surface area contributed by atoms with Crippen molar-refractivity contribution in [1.82, 2.24) is 4.90 Å². The van der Waals surface area contributed by atoms with Gasteiger partial charge in [-0.25, -0.2) is 0 Å². The number of nitriles is 1. The molecule has 1 aromatic carbocycles. The summed E-state index contributed by atoms with van der Waals surface area (Å²) >= 11 is 0. The van der Waals surface area contributed by atoms with E-state index in [1.54, 1.807) is 6.07 Å². The Balaban J connectivity index is 2.12. The predicted molar refractivity (Wildman–Crippen MR) is 74.5 cm³/mol. The van der Waals surface area contributed by atoms with Crippen molar-refractivity contribution >= 4 is 11.4 Å². The molecule has 4 nitrogen and oxygen atoms in total. The first-order chi connectivity index (χ1) is 8.61. The van der Waals surface area contributed by atoms with Crippen molar-refractivity contribution in [2.75, 3.05) is 37.8 Å². The molecule has 0 bridgehead atoms. The molecule has 1 saturated heterocycles. The van der Waals surface area contributed by atoms with E-state index in [2.05, 4.69) is 30.0 Å². The van der Waals surface area contributed by atoms with E-state index >= 15 is 0 Å². The Kier molecular flexibility index (Phi) is 3.73. The lowest BCUT2D eigenvalue weighted by atomic mass is 10.0. The molecule has 0 amide bonds. The van der Waals surface area contributed by atoms with Gasteiger partial charge in [0, 0.05) is 19.1 Å². The van der Waals surface area contributed by atoms with Crippen LogP contribution in [0, 0.1) is 11.3 Å². The minimum Gasteiger partial charge on any atom is -0.397 e. The molecular formula is C14H20N4. The Bertz CT molecular complexity index is 453. The fourth-order valence-electron chi connectivity index (χ4n) is 2.51. The van der Waals surface area contributed by atoms with Gasteiger partial charge in [0.1, 0.15) is 0 Å². The number of hydrogen-bond donors (Lipinski definition) is 1. The number of hydrogen-bond acceptors (Lipinski definition) is 4. The van der Waals surface area contributed by atoms with E-state index in [4.69, 9.17) is 11.0 Å². The number of nitrogen functional groups attached to an aromatic ring is 1. The average Bonchev–Trinajstić information content (AvgIpc) is 2.39. The number of benzene rings is 1. The molecule has 0 atom stereocenters. The molecule has 96 valence electrons. The number of nitrogens with zero attached hydrogens (tertiary/aromatic N) is 3. The molecule has 2 N–H and O–H groups in total. The van der Waals surface area contributed by atoms with E-state index < -0.39 is 0 Å². The zero-order chi connectivity index (χ0) is 13.1. The van der Waals surface area contributed by atoms with Crippen LogP contribution < -0.4 is 10.6 Å². The second kappa shape index (κ2) is 5.28. The van der Waals surface area contributed by atoms with Gasteiger partial charge < -0.3 is 15.5 Å². The summed E-state index contributed by atoms with van der Waals surface area (Å²) in [6.07, 6.45) is 2.28. The number of anilines is 2. The van der Waals surface area contributed by atoms with Crippen molar-refractivity contribution in [3.63, 3.8) is 0 Å². The monoisotopic (exact) mass is 244 g/mol. The smallest absolute Gasteiger partial charge is 0.0992 e. The highest BCUT2D eigenvalue weighted by Crippen LogP contribution is 2.28. The molecule has 0 unspecified atom stereocenters. The first kappa shape index (κ1) is 12.7. The van der Waals surface area contributed by atoms with E-state index in [9.17, 15) is 0 Å². The molecule has 1 aliphatic heterocycles. The first-order valence-electron chi connectivity index (χ1n) is 6.33. The lowest BCUT2D eigenvalue weighted by molar-refractivity contribution is 0.250. The van der Waals surface area contributed by atoms with E-state index in [1.807, 2.05) is 12.1 Å². The summed E-state index contributed by atoms with van der Waals surface area (Å²) in [5.41, 5.74) is 8.45. The minimum absolute atomic E-state index is 0.654. The van der Waals surface area contributed by atoms with Crippen molar-refractivity contribution < 1.29 is 0 Å². The van der Waals surface area contributed by atoms with Gasteiger partial charge in [0.05, 0.1) is 23.0 Å². The molecule has 0 spiro atoms. The Morgan fingerprint density at radius 3 is 2.56 bits per heavy atom. The minimum atomic E-state index is 0.654. The second-order valence-electron chi connectivity index (χ2n) is 5.07. The van der Waals surface area contributed by atoms with Crippen LogP contribution >= 0.6 is 0 Å². The maximum atomic E-state index is 8.95. The fourth-order valence-corrected chi connectivity index (χ4v) is 2.51. The van der Waals surface area contributed by atoms with Crippen molar-refractivity contribution in [3.05, 3.63) is 23.8 Å². The number of nitrogens with two attached hydrogens (primary N) is 1. The maximum Gasteiger partial charge on any atom is 0.0992 e. The predicted octanol–water partition coefficient (Wildman–Crippen LogP) is 1.67. The summed E-state index contributed by atoms with van der Waals surface area (Å²) in [6.45, 7) is 2.00. The highest BCUT2D eigenvalue weighted by atomic mass is 15.2. The molecular weight excluding hydrogens is 224 g/mol. The molecule has 0 aliphatic carbocycles. The summed E-state index contributed by atoms with van der Waals surface area (Å²) < 4.78 is 0. The van der Waals surface area contributed by atoms with E-state index in [0.29, 0.717) is 11.6 Å². The van der Waals surface area contributed by atoms with Crippen molar-refractivity contribution in [2.24, 2.45) is 0 Å². The van der Waals surface area contributed by atoms with Crippen LogP contribution in [0.3, 0.4) is 0 Å². The highest BCUT2D eigenvalue weighted by molar-refractivity contribution is 5.69. The standard InChI is InChI=1S/C14H20N4/c1-17(2)12-5-7-18(8-6-12)14-9-11(10-15)3-4-13(14)16/h3-4,9,12H,5-8,16H2,1-2H3. The van der Waals surface area contributed by atoms with Crippen molar-refractivity contribution in [2.45, 2.75) is 18.9 Å². The maximum absolute atomic E-state index is 8.95. The van der Waals surface area contributed by atoms with Crippen LogP contribution in [0.4, 0.5) is 11.4 Å². The third-order valence-electron chi connectivity index (χ3n) is 3.70. The van der Waals surface area contributed by atoms with Gasteiger partial charge in [-0.1, -0.05) is 0 Å². The van der Waals surface area contributed by atoms with Gasteiger partial charge in [0.15, 0.2) is 0 Å². The molecule has 2 rings (SSSR count). The second-order valence-corrected chi connectivity index (χ2v) is 5.07. The summed E-state index contributed by atoms with van der Waals surface area (Å²) in [5.74, 6) is 0. The van der Waals surface area contributed by atoms with Crippen LogP contribution in [0.5, 0.6) is 0 Å². The third kappa shape index (κ3) is 2.57. The lowest BCUT2D eigenvalue weighted by Gasteiger charge is -2.37. The molecule has 0 radical (unpaired) electrons. The number of piperidine rings is 1. The normalized spacial score (nSPS) is 16.9. The lowest BCUT2D eigenvalue weighted by Crippen LogP contribution is -2.42. The van der Waals surface area contributed by atoms with Crippen LogP contribution in [0.25, 0.3) is 0 Å². The molecule has 18 heavy (non-hydrogen) atoms. The van der Waals surface area contributed by atoms with Crippen molar-refractivity contribution in [3.8, 4) is 6.07 Å². The van der Waals surface area contributed by atoms with Gasteiger partial charge in [-0.05, 0) is 45.1 Å². The molecule has 4 heteroatoms. The zero-order valence-corrected chi connectivity index (χ0v) is 11.1. The Hall–Kier alpha value is -1.73. The average molecular weight is 244 g/mol. The summed E-state index contributed by atoms with van der Waals surface area (Å²) in [6, 6.07) is 8.31. The molecule has 1 heterocycles. The third-order valence-corrected chi connectivity index (χ3v) is 3.70. The Morgan fingerprint density at radius 2 is 2.00 bits per heavy atom. The quantitative estimate of drug-likeness (QED) is 0.804. The topological polar surface area (TPSA) is 56.3 Å². The van der Waals surface area contributed by atoms with Gasteiger partial charge in [-0.15, -0.1) is 0 Å². The largest absolute Gasteiger partial charge is 0.397 e. The zero-order valence-electron chi connectivity index (χ0n) is 11.1. The molecule has 0 saturated carbocycles. The van der Waals surface area contributed by atoms with E-state index in [-0.39, 0.29) is 0 Å². The molecule has 1 aliphatic rings. The van der Waals surface area contributed by atoms with E-state index in [0.717, 1.165) is 37.3 Å². The van der Waals surface area contributed by atoms with E-state index in [1.165, 1.54) is 0 Å². The Labute approximate surface area is 109 Å². The summed E-state index contributed by atoms with van der Waals surface area (Å²) in [4.78, 5) is 4.57. The van der Waals surface area contributed by atoms with Gasteiger partial charge in [0.25, 0.3) is 0 Å². The van der Waals surface area contributed by atoms with Crippen LogP contribution in [0.15, 0.2) is 18.2 Å². The van der Waals surface area contributed by atoms with Crippen molar-refractivity contribution in [1.29, 1.82) is 5.26 Å². The van der Waals surface area contributed by atoms with Gasteiger partial charge in [-0.2, -0.15) is 5.26 Å². The van der Waals surface area contributed by atoms with Gasteiger partial charge in [-0.3, -0.25) is 0 Å². The van der Waals surface area contributed by atoms with Crippen LogP contribution in [0.1, 0.15) is 18.4 Å². The highest BCUT2D eigenvalue weighted by Gasteiger charge is 2.21. The van der Waals surface area contributed by atoms with Gasteiger partial charge in [0.2, 0.25) is 0 Å². The first-order valence-corrected chi connectivity index (χ1v) is 6.33. The van der Waals surface area contributed by atoms with Crippen LogP contribution in [-0.4, -0.2) is 38.1 Å². The van der Waals surface area contributed by atoms with Crippen LogP contribution in [0.2, 0.25) is 0 Å². The fraction of sp³-hybridized carbons (Fsp3) is 0.500. The molecule has 0 aromatic heterocycles. The Morgan fingerprint density at radius 1 is 1.33 bits per heavy atom. The summed E-state index contributed by atoms with van der Waals surface area (Å²) in [7, 11) is 4.26. The number of rotatable bonds is 2. The van der Waals surface area contributed by atoms with Gasteiger partial charge >= 0.3 is 0 Å². The summed E-state index contributed by atoms with van der Waals surface area (Å²) in [5, 5.41) is 8.95.